The second kappa shape index (κ2) is 14.7. The second-order valence-electron chi connectivity index (χ2n) is 13.2. The molecule has 2 aromatic heterocycles. The highest BCUT2D eigenvalue weighted by Crippen LogP contribution is 2.35. The summed E-state index contributed by atoms with van der Waals surface area (Å²) in [4.78, 5) is 20.0. The van der Waals surface area contributed by atoms with Crippen molar-refractivity contribution in [3.63, 3.8) is 0 Å². The third kappa shape index (κ3) is 6.97. The highest BCUT2D eigenvalue weighted by molar-refractivity contribution is 5.82. The summed E-state index contributed by atoms with van der Waals surface area (Å²) in [6.07, 6.45) is 1.83. The molecule has 54 heavy (non-hydrogen) atoms. The number of benzene rings is 7. The highest BCUT2D eigenvalue weighted by atomic mass is 15.0. The highest BCUT2D eigenvalue weighted by Gasteiger charge is 2.16. The first-order chi connectivity index (χ1) is 26.7. The zero-order valence-electron chi connectivity index (χ0n) is 29.4. The molecule has 0 saturated carbocycles. The zero-order valence-corrected chi connectivity index (χ0v) is 29.4. The maximum atomic E-state index is 5.17. The van der Waals surface area contributed by atoms with Crippen molar-refractivity contribution in [3.05, 3.63) is 206 Å². The SMILES string of the molecule is c1ccc(-c2ccc(-c3nc(-c4ccc(-c5ccccc5)cc4)nc(-c4cc(-c5ccccc5)cc(-c5cccc(-c6ccccn6)c5)c4)n3)cc2)cc1. The van der Waals surface area contributed by atoms with Gasteiger partial charge in [-0.3, -0.25) is 4.98 Å². The second-order valence-corrected chi connectivity index (χ2v) is 13.2. The van der Waals surface area contributed by atoms with E-state index in [0.717, 1.165) is 72.5 Å². The van der Waals surface area contributed by atoms with Crippen LogP contribution in [0.25, 0.3) is 89.9 Å². The largest absolute Gasteiger partial charge is 0.256 e. The fourth-order valence-corrected chi connectivity index (χ4v) is 6.76. The molecule has 0 bridgehead atoms. The van der Waals surface area contributed by atoms with Gasteiger partial charge in [0.1, 0.15) is 0 Å². The van der Waals surface area contributed by atoms with Crippen LogP contribution in [0.2, 0.25) is 0 Å². The van der Waals surface area contributed by atoms with Crippen LogP contribution in [0.4, 0.5) is 0 Å². The van der Waals surface area contributed by atoms with Gasteiger partial charge in [-0.25, -0.2) is 15.0 Å². The van der Waals surface area contributed by atoms with Crippen LogP contribution < -0.4 is 0 Å². The lowest BCUT2D eigenvalue weighted by Gasteiger charge is -2.13. The van der Waals surface area contributed by atoms with Gasteiger partial charge in [-0.05, 0) is 80.9 Å². The van der Waals surface area contributed by atoms with Crippen molar-refractivity contribution in [1.82, 2.24) is 19.9 Å². The van der Waals surface area contributed by atoms with E-state index in [9.17, 15) is 0 Å². The summed E-state index contributed by atoms with van der Waals surface area (Å²) >= 11 is 0. The van der Waals surface area contributed by atoms with Crippen molar-refractivity contribution in [2.45, 2.75) is 0 Å². The minimum absolute atomic E-state index is 0.606. The molecule has 0 unspecified atom stereocenters. The Morgan fingerprint density at radius 3 is 1.07 bits per heavy atom. The quantitative estimate of drug-likeness (QED) is 0.159. The topological polar surface area (TPSA) is 51.6 Å². The minimum atomic E-state index is 0.606. The molecule has 2 heterocycles. The molecule has 0 spiro atoms. The number of hydrogen-bond donors (Lipinski definition) is 0. The Morgan fingerprint density at radius 2 is 0.574 bits per heavy atom. The fourth-order valence-electron chi connectivity index (χ4n) is 6.76. The lowest BCUT2D eigenvalue weighted by atomic mass is 9.94. The number of rotatable bonds is 8. The van der Waals surface area contributed by atoms with Gasteiger partial charge in [0.2, 0.25) is 0 Å². The van der Waals surface area contributed by atoms with E-state index in [1.54, 1.807) is 0 Å². The number of hydrogen-bond acceptors (Lipinski definition) is 4. The number of nitrogens with zero attached hydrogens (tertiary/aromatic N) is 4. The van der Waals surface area contributed by atoms with E-state index in [4.69, 9.17) is 15.0 Å². The van der Waals surface area contributed by atoms with E-state index in [2.05, 4.69) is 169 Å². The van der Waals surface area contributed by atoms with Gasteiger partial charge in [-0.15, -0.1) is 0 Å². The summed E-state index contributed by atoms with van der Waals surface area (Å²) in [6, 6.07) is 69.3. The average Bonchev–Trinajstić information content (AvgIpc) is 3.27. The molecule has 0 fully saturated rings. The van der Waals surface area contributed by atoms with Crippen molar-refractivity contribution in [2.24, 2.45) is 0 Å². The Hall–Kier alpha value is -7.30. The standard InChI is InChI=1S/C50H34N4/c1-4-13-35(14-5-1)38-22-26-40(27-23-38)48-52-49(41-28-24-39(25-29-41)36-15-6-2-7-16-36)54-50(53-48)46-33-44(37-17-8-3-9-18-37)32-45(34-46)42-19-12-20-43(31-42)47-21-10-11-30-51-47/h1-34H. The molecule has 0 N–H and O–H groups in total. The molecular formula is C50H34N4. The normalized spacial score (nSPS) is 11.0. The average molecular weight is 691 g/mol. The smallest absolute Gasteiger partial charge is 0.164 e. The molecule has 254 valence electrons. The molecule has 0 saturated heterocycles. The molecule has 9 rings (SSSR count). The summed E-state index contributed by atoms with van der Waals surface area (Å²) in [7, 11) is 0. The molecule has 0 aliphatic rings. The van der Waals surface area contributed by atoms with Crippen molar-refractivity contribution in [2.75, 3.05) is 0 Å². The first kappa shape index (κ1) is 32.6. The zero-order chi connectivity index (χ0) is 36.1. The molecule has 9 aromatic rings. The fraction of sp³-hybridized carbons (Fsp3) is 0. The summed E-state index contributed by atoms with van der Waals surface area (Å²) in [5.74, 6) is 1.84. The summed E-state index contributed by atoms with van der Waals surface area (Å²) < 4.78 is 0. The molecule has 7 aromatic carbocycles. The predicted octanol–water partition coefficient (Wildman–Crippen LogP) is 12.6. The Morgan fingerprint density at radius 1 is 0.222 bits per heavy atom. The first-order valence-electron chi connectivity index (χ1n) is 18.0. The lowest BCUT2D eigenvalue weighted by Crippen LogP contribution is -2.01. The maximum absolute atomic E-state index is 5.17. The van der Waals surface area contributed by atoms with Crippen molar-refractivity contribution in [1.29, 1.82) is 0 Å². The Labute approximate surface area is 315 Å². The Balaban J connectivity index is 1.19. The molecule has 4 heteroatoms. The Kier molecular flexibility index (Phi) is 8.90. The molecule has 0 atom stereocenters. The van der Waals surface area contributed by atoms with Crippen LogP contribution in [0.3, 0.4) is 0 Å². The summed E-state index contributed by atoms with van der Waals surface area (Å²) in [6.45, 7) is 0. The maximum Gasteiger partial charge on any atom is 0.164 e. The van der Waals surface area contributed by atoms with Gasteiger partial charge in [-0.1, -0.05) is 164 Å². The molecule has 0 aliphatic carbocycles. The van der Waals surface area contributed by atoms with Gasteiger partial charge in [0.05, 0.1) is 5.69 Å². The number of aromatic nitrogens is 4. The number of pyridine rings is 1. The van der Waals surface area contributed by atoms with E-state index in [1.807, 2.05) is 42.6 Å². The summed E-state index contributed by atoms with van der Waals surface area (Å²) in [5, 5.41) is 0. The van der Waals surface area contributed by atoms with Crippen LogP contribution in [0.5, 0.6) is 0 Å². The van der Waals surface area contributed by atoms with Crippen LogP contribution in [-0.2, 0) is 0 Å². The van der Waals surface area contributed by atoms with Crippen molar-refractivity contribution >= 4 is 0 Å². The van der Waals surface area contributed by atoms with Crippen LogP contribution in [0.15, 0.2) is 206 Å². The van der Waals surface area contributed by atoms with Gasteiger partial charge in [-0.2, -0.15) is 0 Å². The van der Waals surface area contributed by atoms with E-state index in [-0.39, 0.29) is 0 Å². The third-order valence-electron chi connectivity index (χ3n) is 9.59. The molecule has 0 amide bonds. The van der Waals surface area contributed by atoms with Gasteiger partial charge in [0.25, 0.3) is 0 Å². The van der Waals surface area contributed by atoms with E-state index in [0.29, 0.717) is 17.5 Å². The molecular weight excluding hydrogens is 657 g/mol. The van der Waals surface area contributed by atoms with Crippen LogP contribution in [0, 0.1) is 0 Å². The Bertz CT molecular complexity index is 2560. The van der Waals surface area contributed by atoms with Crippen LogP contribution in [-0.4, -0.2) is 19.9 Å². The molecule has 0 radical (unpaired) electrons. The van der Waals surface area contributed by atoms with E-state index < -0.39 is 0 Å². The van der Waals surface area contributed by atoms with Gasteiger partial charge < -0.3 is 0 Å². The monoisotopic (exact) mass is 690 g/mol. The van der Waals surface area contributed by atoms with Gasteiger partial charge >= 0.3 is 0 Å². The van der Waals surface area contributed by atoms with E-state index >= 15 is 0 Å². The van der Waals surface area contributed by atoms with Gasteiger partial charge in [0.15, 0.2) is 17.5 Å². The van der Waals surface area contributed by atoms with Crippen molar-refractivity contribution in [3.8, 4) is 89.9 Å². The lowest BCUT2D eigenvalue weighted by molar-refractivity contribution is 1.07. The van der Waals surface area contributed by atoms with Crippen LogP contribution in [0.1, 0.15) is 0 Å². The predicted molar refractivity (Wildman–Crippen MR) is 221 cm³/mol. The van der Waals surface area contributed by atoms with Crippen LogP contribution >= 0.6 is 0 Å². The summed E-state index contributed by atoms with van der Waals surface area (Å²) in [5.41, 5.74) is 13.7. The minimum Gasteiger partial charge on any atom is -0.256 e. The van der Waals surface area contributed by atoms with Gasteiger partial charge in [0, 0.05) is 28.5 Å². The van der Waals surface area contributed by atoms with Crippen molar-refractivity contribution < 1.29 is 0 Å². The van der Waals surface area contributed by atoms with E-state index in [1.165, 1.54) is 0 Å². The molecule has 0 aliphatic heterocycles. The third-order valence-corrected chi connectivity index (χ3v) is 9.59. The molecule has 4 nitrogen and oxygen atoms in total. The first-order valence-corrected chi connectivity index (χ1v) is 18.0.